The van der Waals surface area contributed by atoms with Gasteiger partial charge in [0.15, 0.2) is 0 Å². The Kier molecular flexibility index (Phi) is 7.79. The maximum absolute atomic E-state index is 13.3. The average Bonchev–Trinajstić information content (AvgIpc) is 3.41. The van der Waals surface area contributed by atoms with Crippen LogP contribution in [0.1, 0.15) is 103 Å². The standard InChI is InChI=1S/C31H46BrNO3S/c1-17(2)29(25-8-9-26(32)37-25)33-27(36)14-18(3)21-6-7-22-28-23(11-13-31(21,22)5)30(4)12-10-20(34)15-19(30)16-24(28)35/h8-9,17-19,21-24,28-29,35H,6-7,10-16H2,1-5H3,(H,33,36)/t18-,19+,21?,22+,23+,24-,28+,29?,30+,31-/m1/s1. The molecular formula is C31H46BrNO3S. The van der Waals surface area contributed by atoms with Gasteiger partial charge in [-0.3, -0.25) is 9.59 Å². The first-order valence-electron chi connectivity index (χ1n) is 14.7. The molecule has 206 valence electrons. The van der Waals surface area contributed by atoms with Crippen LogP contribution >= 0.6 is 27.3 Å². The maximum atomic E-state index is 13.3. The molecule has 0 aromatic carbocycles. The van der Waals surface area contributed by atoms with Gasteiger partial charge in [-0.25, -0.2) is 0 Å². The zero-order chi connectivity index (χ0) is 26.7. The van der Waals surface area contributed by atoms with Crippen LogP contribution in [0.25, 0.3) is 0 Å². The quantitative estimate of drug-likeness (QED) is 0.359. The molecule has 6 heteroatoms. The fourth-order valence-corrected chi connectivity index (χ4v) is 11.4. The van der Waals surface area contributed by atoms with Crippen LogP contribution in [0.2, 0.25) is 0 Å². The molecule has 10 atom stereocenters. The van der Waals surface area contributed by atoms with Gasteiger partial charge in [0, 0.05) is 24.1 Å². The van der Waals surface area contributed by atoms with Gasteiger partial charge in [-0.1, -0.05) is 34.6 Å². The van der Waals surface area contributed by atoms with Gasteiger partial charge in [-0.05, 0) is 119 Å². The zero-order valence-corrected chi connectivity index (χ0v) is 25.7. The Morgan fingerprint density at radius 2 is 1.86 bits per heavy atom. The van der Waals surface area contributed by atoms with E-state index in [0.29, 0.717) is 60.1 Å². The number of carbonyl (C=O) groups is 2. The van der Waals surface area contributed by atoms with Crippen molar-refractivity contribution in [3.63, 3.8) is 0 Å². The third-order valence-electron chi connectivity index (χ3n) is 11.7. The number of carbonyl (C=O) groups excluding carboxylic acids is 2. The number of hydrogen-bond acceptors (Lipinski definition) is 4. The van der Waals surface area contributed by atoms with Crippen molar-refractivity contribution in [1.29, 1.82) is 0 Å². The van der Waals surface area contributed by atoms with E-state index < -0.39 is 0 Å². The summed E-state index contributed by atoms with van der Waals surface area (Å²) in [6, 6.07) is 4.23. The van der Waals surface area contributed by atoms with Gasteiger partial charge in [0.05, 0.1) is 15.9 Å². The molecule has 1 amide bonds. The lowest BCUT2D eigenvalue weighted by atomic mass is 9.44. The number of ketones is 1. The molecule has 2 N–H and O–H groups in total. The molecule has 4 nitrogen and oxygen atoms in total. The van der Waals surface area contributed by atoms with Gasteiger partial charge in [-0.15, -0.1) is 11.3 Å². The molecule has 1 heterocycles. The van der Waals surface area contributed by atoms with Gasteiger partial charge in [0.1, 0.15) is 5.78 Å². The molecule has 2 unspecified atom stereocenters. The molecule has 0 aliphatic heterocycles. The largest absolute Gasteiger partial charge is 0.393 e. The first-order valence-corrected chi connectivity index (χ1v) is 16.3. The molecule has 4 aliphatic carbocycles. The minimum Gasteiger partial charge on any atom is -0.393 e. The van der Waals surface area contributed by atoms with Crippen molar-refractivity contribution in [2.75, 3.05) is 0 Å². The average molecular weight is 593 g/mol. The highest BCUT2D eigenvalue weighted by Gasteiger charge is 2.63. The van der Waals surface area contributed by atoms with E-state index in [2.05, 4.69) is 68.0 Å². The number of fused-ring (bicyclic) bond motifs is 5. The summed E-state index contributed by atoms with van der Waals surface area (Å²) in [5, 5.41) is 14.8. The fourth-order valence-electron chi connectivity index (χ4n) is 9.72. The van der Waals surface area contributed by atoms with Crippen molar-refractivity contribution >= 4 is 39.0 Å². The Morgan fingerprint density at radius 3 is 2.54 bits per heavy atom. The van der Waals surface area contributed by atoms with Crippen LogP contribution in [0.3, 0.4) is 0 Å². The minimum absolute atomic E-state index is 0.0480. The predicted octanol–water partition coefficient (Wildman–Crippen LogP) is 7.55. The summed E-state index contributed by atoms with van der Waals surface area (Å²) in [4.78, 5) is 26.7. The van der Waals surface area contributed by atoms with E-state index in [1.54, 1.807) is 11.3 Å². The van der Waals surface area contributed by atoms with Crippen LogP contribution in [0.5, 0.6) is 0 Å². The normalized spacial score (nSPS) is 41.0. The Labute approximate surface area is 235 Å². The molecule has 0 bridgehead atoms. The second-order valence-corrected chi connectivity index (χ2v) is 16.4. The number of amides is 1. The fraction of sp³-hybridized carbons (Fsp3) is 0.806. The second-order valence-electron chi connectivity index (χ2n) is 13.9. The van der Waals surface area contributed by atoms with Gasteiger partial charge >= 0.3 is 0 Å². The van der Waals surface area contributed by atoms with Crippen LogP contribution < -0.4 is 5.32 Å². The van der Waals surface area contributed by atoms with E-state index in [1.807, 2.05) is 0 Å². The van der Waals surface area contributed by atoms with E-state index in [-0.39, 0.29) is 28.9 Å². The van der Waals surface area contributed by atoms with Crippen LogP contribution in [0.4, 0.5) is 0 Å². The number of aliphatic hydroxyl groups is 1. The third kappa shape index (κ3) is 4.90. The van der Waals surface area contributed by atoms with Crippen LogP contribution in [0.15, 0.2) is 15.9 Å². The Bertz CT molecular complexity index is 1020. The van der Waals surface area contributed by atoms with Gasteiger partial charge in [0.2, 0.25) is 5.91 Å². The summed E-state index contributed by atoms with van der Waals surface area (Å²) >= 11 is 5.27. The highest BCUT2D eigenvalue weighted by Crippen LogP contribution is 2.68. The molecule has 37 heavy (non-hydrogen) atoms. The molecule has 1 aromatic rings. The van der Waals surface area contributed by atoms with Crippen molar-refractivity contribution < 1.29 is 14.7 Å². The van der Waals surface area contributed by atoms with Crippen LogP contribution in [-0.4, -0.2) is 22.9 Å². The van der Waals surface area contributed by atoms with E-state index in [1.165, 1.54) is 17.7 Å². The summed E-state index contributed by atoms with van der Waals surface area (Å²) in [5.74, 6) is 3.50. The maximum Gasteiger partial charge on any atom is 0.220 e. The first-order chi connectivity index (χ1) is 17.4. The number of halogens is 1. The van der Waals surface area contributed by atoms with Gasteiger partial charge in [-0.2, -0.15) is 0 Å². The number of hydrogen-bond donors (Lipinski definition) is 2. The first kappa shape index (κ1) is 27.8. The van der Waals surface area contributed by atoms with Crippen molar-refractivity contribution in [2.45, 2.75) is 105 Å². The highest BCUT2D eigenvalue weighted by atomic mass is 79.9. The van der Waals surface area contributed by atoms with Crippen LogP contribution in [-0.2, 0) is 9.59 Å². The number of aliphatic hydroxyl groups excluding tert-OH is 1. The number of nitrogens with one attached hydrogen (secondary N) is 1. The monoisotopic (exact) mass is 591 g/mol. The number of thiophene rings is 1. The van der Waals surface area contributed by atoms with E-state index >= 15 is 0 Å². The Balaban J connectivity index is 1.28. The van der Waals surface area contributed by atoms with E-state index in [0.717, 1.165) is 35.9 Å². The molecule has 0 spiro atoms. The molecule has 0 saturated heterocycles. The van der Waals surface area contributed by atoms with E-state index in [4.69, 9.17) is 0 Å². The highest BCUT2D eigenvalue weighted by molar-refractivity contribution is 9.11. The lowest BCUT2D eigenvalue weighted by Crippen LogP contribution is -2.58. The van der Waals surface area contributed by atoms with Crippen LogP contribution in [0, 0.1) is 52.3 Å². The van der Waals surface area contributed by atoms with E-state index in [9.17, 15) is 14.7 Å². The summed E-state index contributed by atoms with van der Waals surface area (Å²) < 4.78 is 1.10. The Morgan fingerprint density at radius 1 is 1.14 bits per heavy atom. The lowest BCUT2D eigenvalue weighted by molar-refractivity contribution is -0.169. The summed E-state index contributed by atoms with van der Waals surface area (Å²) in [7, 11) is 0. The number of Topliss-reactive ketones (excluding diaryl/α,β-unsaturated/α-hetero) is 1. The summed E-state index contributed by atoms with van der Waals surface area (Å²) in [5.41, 5.74) is 0.386. The molecule has 1 aromatic heterocycles. The molecule has 4 aliphatic rings. The van der Waals surface area contributed by atoms with Crippen molar-refractivity contribution in [1.82, 2.24) is 5.32 Å². The number of rotatable bonds is 6. The van der Waals surface area contributed by atoms with Crippen molar-refractivity contribution in [2.24, 2.45) is 52.3 Å². The summed E-state index contributed by atoms with van der Waals surface area (Å²) in [6.07, 6.45) is 8.17. The molecule has 0 radical (unpaired) electrons. The zero-order valence-electron chi connectivity index (χ0n) is 23.3. The molecule has 5 rings (SSSR count). The topological polar surface area (TPSA) is 66.4 Å². The van der Waals surface area contributed by atoms with Gasteiger partial charge < -0.3 is 10.4 Å². The van der Waals surface area contributed by atoms with Crippen molar-refractivity contribution in [3.05, 3.63) is 20.8 Å². The van der Waals surface area contributed by atoms with Crippen molar-refractivity contribution in [3.8, 4) is 0 Å². The summed E-state index contributed by atoms with van der Waals surface area (Å²) in [6.45, 7) is 11.5. The second kappa shape index (κ2) is 10.4. The smallest absolute Gasteiger partial charge is 0.220 e. The predicted molar refractivity (Wildman–Crippen MR) is 153 cm³/mol. The third-order valence-corrected chi connectivity index (χ3v) is 13.4. The Hall–Kier alpha value is -0.720. The molecular weight excluding hydrogens is 546 g/mol. The molecule has 4 saturated carbocycles. The lowest BCUT2D eigenvalue weighted by Gasteiger charge is -2.61. The minimum atomic E-state index is -0.284. The SMILES string of the molecule is CC(C)C(NC(=O)C[C@@H](C)C1CC[C@H]2[C@@H]3[C@H](O)C[C@@H]4CC(=O)CC[C@]4(C)[C@H]3CC[C@]12C)c1ccc(Br)s1. The molecule has 4 fully saturated rings. The van der Waals surface area contributed by atoms with Gasteiger partial charge in [0.25, 0.3) is 0 Å².